The Balaban J connectivity index is 3.05. The van der Waals surface area contributed by atoms with Crippen molar-refractivity contribution >= 4 is 20.7 Å². The molecule has 0 spiro atoms. The third-order valence-electron chi connectivity index (χ3n) is 3.19. The number of rotatable bonds is 2. The zero-order valence-electron chi connectivity index (χ0n) is 11.4. The van der Waals surface area contributed by atoms with Crippen molar-refractivity contribution in [3.05, 3.63) is 0 Å². The monoisotopic (exact) mass is 258 g/mol. The predicted octanol–water partition coefficient (Wildman–Crippen LogP) is 0.240. The van der Waals surface area contributed by atoms with E-state index in [1.165, 1.54) is 6.92 Å². The Morgan fingerprint density at radius 2 is 1.94 bits per heavy atom. The van der Waals surface area contributed by atoms with E-state index in [1.807, 2.05) is 33.9 Å². The standard InChI is InChI=1S/C11H22N2O3Si/c1-7(14)16-9-11(12,17(5)6)8(15)13(9)10(2,3)4/h9,17H,12H2,1-6H3/t9-,11+/m0/s1. The fourth-order valence-electron chi connectivity index (χ4n) is 2.06. The van der Waals surface area contributed by atoms with Gasteiger partial charge in [0.05, 0.1) is 8.80 Å². The zero-order valence-corrected chi connectivity index (χ0v) is 12.6. The van der Waals surface area contributed by atoms with Crippen LogP contribution in [0.4, 0.5) is 0 Å². The van der Waals surface area contributed by atoms with Crippen LogP contribution in [0.15, 0.2) is 0 Å². The van der Waals surface area contributed by atoms with Gasteiger partial charge in [0.15, 0.2) is 0 Å². The van der Waals surface area contributed by atoms with Gasteiger partial charge in [-0.2, -0.15) is 0 Å². The lowest BCUT2D eigenvalue weighted by Gasteiger charge is -2.59. The summed E-state index contributed by atoms with van der Waals surface area (Å²) in [5, 5.41) is -0.959. The smallest absolute Gasteiger partial charge is 0.304 e. The van der Waals surface area contributed by atoms with Crippen LogP contribution >= 0.6 is 0 Å². The van der Waals surface area contributed by atoms with Crippen molar-refractivity contribution in [1.29, 1.82) is 0 Å². The number of esters is 1. The normalized spacial score (nSPS) is 29.3. The van der Waals surface area contributed by atoms with Crippen molar-refractivity contribution in [2.45, 2.75) is 57.7 Å². The first kappa shape index (κ1) is 14.2. The van der Waals surface area contributed by atoms with E-state index in [-0.39, 0.29) is 11.4 Å². The van der Waals surface area contributed by atoms with E-state index in [0.29, 0.717) is 0 Å². The van der Waals surface area contributed by atoms with Crippen LogP contribution < -0.4 is 5.73 Å². The summed E-state index contributed by atoms with van der Waals surface area (Å²) >= 11 is 0. The molecule has 0 aromatic carbocycles. The quantitative estimate of drug-likeness (QED) is 0.437. The maximum atomic E-state index is 12.2. The molecule has 98 valence electrons. The zero-order chi connectivity index (χ0) is 13.6. The molecule has 0 radical (unpaired) electrons. The maximum Gasteiger partial charge on any atom is 0.304 e. The highest BCUT2D eigenvalue weighted by Gasteiger charge is 2.64. The van der Waals surface area contributed by atoms with Gasteiger partial charge in [-0.3, -0.25) is 14.5 Å². The number of carbonyl (C=O) groups is 2. The van der Waals surface area contributed by atoms with Crippen LogP contribution in [0.2, 0.25) is 13.1 Å². The summed E-state index contributed by atoms with van der Waals surface area (Å²) < 4.78 is 5.25. The highest BCUT2D eigenvalue weighted by molar-refractivity contribution is 6.65. The summed E-state index contributed by atoms with van der Waals surface area (Å²) in [5.74, 6) is -0.501. The van der Waals surface area contributed by atoms with Crippen LogP contribution in [-0.2, 0) is 14.3 Å². The average molecular weight is 258 g/mol. The minimum Gasteiger partial charge on any atom is -0.439 e. The fraction of sp³-hybridized carbons (Fsp3) is 0.818. The highest BCUT2D eigenvalue weighted by atomic mass is 28.3. The first-order valence-corrected chi connectivity index (χ1v) is 8.71. The van der Waals surface area contributed by atoms with Crippen molar-refractivity contribution in [2.75, 3.05) is 0 Å². The number of hydrogen-bond acceptors (Lipinski definition) is 4. The molecule has 0 unspecified atom stereocenters. The Labute approximate surface area is 104 Å². The summed E-state index contributed by atoms with van der Waals surface area (Å²) in [6.45, 7) is 11.0. The van der Waals surface area contributed by atoms with Gasteiger partial charge in [0.2, 0.25) is 12.1 Å². The molecule has 1 fully saturated rings. The Morgan fingerprint density at radius 1 is 1.47 bits per heavy atom. The molecule has 1 amide bonds. The number of ether oxygens (including phenoxy) is 1. The SMILES string of the molecule is CC(=O)O[C@@H]1N(C(C)(C)C)C(=O)[C@@]1(N)[SiH](C)C. The maximum absolute atomic E-state index is 12.2. The minimum atomic E-state index is -1.47. The lowest BCUT2D eigenvalue weighted by molar-refractivity contribution is -0.204. The van der Waals surface area contributed by atoms with E-state index in [1.54, 1.807) is 4.90 Å². The topological polar surface area (TPSA) is 72.6 Å². The van der Waals surface area contributed by atoms with E-state index in [4.69, 9.17) is 10.5 Å². The number of hydrogen-bond donors (Lipinski definition) is 1. The first-order chi connectivity index (χ1) is 7.52. The van der Waals surface area contributed by atoms with Crippen molar-refractivity contribution in [3.8, 4) is 0 Å². The van der Waals surface area contributed by atoms with E-state index in [9.17, 15) is 9.59 Å². The van der Waals surface area contributed by atoms with Crippen molar-refractivity contribution in [1.82, 2.24) is 4.90 Å². The number of nitrogens with zero attached hydrogens (tertiary/aromatic N) is 1. The largest absolute Gasteiger partial charge is 0.439 e. The summed E-state index contributed by atoms with van der Waals surface area (Å²) in [6.07, 6.45) is -0.612. The second-order valence-corrected chi connectivity index (χ2v) is 9.16. The van der Waals surface area contributed by atoms with Crippen LogP contribution in [0, 0.1) is 0 Å². The summed E-state index contributed by atoms with van der Waals surface area (Å²) in [5.41, 5.74) is 5.78. The van der Waals surface area contributed by atoms with Crippen LogP contribution in [0.25, 0.3) is 0 Å². The summed E-state index contributed by atoms with van der Waals surface area (Å²) in [4.78, 5) is 24.9. The second kappa shape index (κ2) is 4.10. The van der Waals surface area contributed by atoms with E-state index < -0.39 is 26.2 Å². The molecule has 0 bridgehead atoms. The van der Waals surface area contributed by atoms with Gasteiger partial charge in [-0.25, -0.2) is 0 Å². The Bertz CT molecular complexity index is 351. The molecule has 2 atom stereocenters. The number of carbonyl (C=O) groups excluding carboxylic acids is 2. The van der Waals surface area contributed by atoms with Gasteiger partial charge in [0, 0.05) is 12.5 Å². The van der Waals surface area contributed by atoms with E-state index >= 15 is 0 Å². The Kier molecular flexibility index (Phi) is 3.42. The summed E-state index contributed by atoms with van der Waals surface area (Å²) in [6, 6.07) is 0. The van der Waals surface area contributed by atoms with E-state index in [2.05, 4.69) is 0 Å². The van der Waals surface area contributed by atoms with Gasteiger partial charge in [-0.1, -0.05) is 13.1 Å². The van der Waals surface area contributed by atoms with E-state index in [0.717, 1.165) is 0 Å². The fourth-order valence-corrected chi connectivity index (χ4v) is 3.48. The van der Waals surface area contributed by atoms with Gasteiger partial charge in [0.1, 0.15) is 5.16 Å². The molecule has 2 N–H and O–H groups in total. The predicted molar refractivity (Wildman–Crippen MR) is 67.9 cm³/mol. The lowest BCUT2D eigenvalue weighted by atomic mass is 9.94. The molecule has 1 rings (SSSR count). The molecule has 0 saturated carbocycles. The van der Waals surface area contributed by atoms with Crippen LogP contribution in [0.1, 0.15) is 27.7 Å². The van der Waals surface area contributed by atoms with Crippen LogP contribution in [0.3, 0.4) is 0 Å². The molecule has 1 saturated heterocycles. The second-order valence-electron chi connectivity index (χ2n) is 5.90. The minimum absolute atomic E-state index is 0.0992. The Hall–Kier alpha value is -0.883. The average Bonchev–Trinajstić information content (AvgIpc) is 2.12. The molecule has 6 heteroatoms. The van der Waals surface area contributed by atoms with Crippen LogP contribution in [-0.4, -0.2) is 42.5 Å². The number of likely N-dealkylation sites (tertiary alicyclic amines) is 1. The number of nitrogens with two attached hydrogens (primary N) is 1. The molecule has 17 heavy (non-hydrogen) atoms. The molecule has 0 aromatic rings. The lowest BCUT2D eigenvalue weighted by Crippen LogP contribution is -2.86. The van der Waals surface area contributed by atoms with Gasteiger partial charge < -0.3 is 10.5 Å². The van der Waals surface area contributed by atoms with Crippen LogP contribution in [0.5, 0.6) is 0 Å². The molecular weight excluding hydrogens is 236 g/mol. The number of amides is 1. The van der Waals surface area contributed by atoms with Gasteiger partial charge in [0.25, 0.3) is 0 Å². The molecule has 5 nitrogen and oxygen atoms in total. The van der Waals surface area contributed by atoms with Crippen molar-refractivity contribution < 1.29 is 14.3 Å². The summed E-state index contributed by atoms with van der Waals surface area (Å²) in [7, 11) is -1.47. The highest BCUT2D eigenvalue weighted by Crippen LogP contribution is 2.37. The molecular formula is C11H22N2O3Si. The van der Waals surface area contributed by atoms with Crippen molar-refractivity contribution in [3.63, 3.8) is 0 Å². The molecule has 0 aromatic heterocycles. The number of β-lactam (4-membered cyclic amide) rings is 1. The Morgan fingerprint density at radius 3 is 2.24 bits per heavy atom. The third-order valence-corrected chi connectivity index (χ3v) is 5.63. The molecule has 1 aliphatic heterocycles. The van der Waals surface area contributed by atoms with Gasteiger partial charge >= 0.3 is 5.97 Å². The molecule has 1 heterocycles. The third kappa shape index (κ3) is 2.11. The molecule has 0 aliphatic carbocycles. The van der Waals surface area contributed by atoms with Crippen molar-refractivity contribution in [2.24, 2.45) is 5.73 Å². The van der Waals surface area contributed by atoms with Gasteiger partial charge in [-0.15, -0.1) is 0 Å². The van der Waals surface area contributed by atoms with Gasteiger partial charge in [-0.05, 0) is 20.8 Å². The molecule has 1 aliphatic rings. The first-order valence-electron chi connectivity index (χ1n) is 5.82.